The van der Waals surface area contributed by atoms with Gasteiger partial charge in [0.1, 0.15) is 6.10 Å². The first-order valence-electron chi connectivity index (χ1n) is 10.9. The number of aromatic hydroxyl groups is 1. The Bertz CT molecular complexity index is 1190. The molecule has 4 aliphatic rings. The summed E-state index contributed by atoms with van der Waals surface area (Å²) >= 11 is 0. The maximum absolute atomic E-state index is 13.1. The third-order valence-corrected chi connectivity index (χ3v) is 7.85. The largest absolute Gasteiger partial charge is 0.504 e. The molecule has 1 saturated heterocycles. The molecular formula is C25H24N2O5. The van der Waals surface area contributed by atoms with Crippen LogP contribution in [0.15, 0.2) is 48.6 Å². The van der Waals surface area contributed by atoms with E-state index in [0.29, 0.717) is 17.4 Å². The smallest absolute Gasteiger partial charge is 0.335 e. The molecular weight excluding hydrogens is 408 g/mol. The van der Waals surface area contributed by atoms with Crippen molar-refractivity contribution in [2.45, 2.75) is 36.4 Å². The van der Waals surface area contributed by atoms with E-state index in [1.54, 1.807) is 18.2 Å². The lowest BCUT2D eigenvalue weighted by Crippen LogP contribution is -2.66. The summed E-state index contributed by atoms with van der Waals surface area (Å²) in [5.41, 5.74) is 2.38. The fourth-order valence-corrected chi connectivity index (χ4v) is 6.42. The van der Waals surface area contributed by atoms with E-state index in [1.165, 1.54) is 17.7 Å². The Morgan fingerprint density at radius 2 is 2.00 bits per heavy atom. The van der Waals surface area contributed by atoms with Gasteiger partial charge >= 0.3 is 5.97 Å². The van der Waals surface area contributed by atoms with Gasteiger partial charge < -0.3 is 25.2 Å². The van der Waals surface area contributed by atoms with Crippen molar-refractivity contribution in [3.05, 3.63) is 70.8 Å². The summed E-state index contributed by atoms with van der Waals surface area (Å²) in [6.07, 6.45) is 5.67. The lowest BCUT2D eigenvalue weighted by molar-refractivity contribution is -0.00855. The number of carbonyl (C=O) groups is 2. The number of benzene rings is 2. The minimum atomic E-state index is -1.07. The number of phenolic OH excluding ortho intramolecular Hbond substituents is 1. The van der Waals surface area contributed by atoms with Crippen molar-refractivity contribution >= 4 is 11.9 Å². The number of ether oxygens (including phenoxy) is 1. The van der Waals surface area contributed by atoms with E-state index in [9.17, 15) is 19.8 Å². The van der Waals surface area contributed by atoms with Crippen molar-refractivity contribution < 1.29 is 24.5 Å². The summed E-state index contributed by atoms with van der Waals surface area (Å²) in [6, 6.07) is 9.68. The number of hydrogen-bond donors (Lipinski definition) is 3. The highest BCUT2D eigenvalue weighted by atomic mass is 16.5. The van der Waals surface area contributed by atoms with Gasteiger partial charge in [-0.15, -0.1) is 0 Å². The molecule has 2 bridgehead atoms. The Hall–Kier alpha value is -3.32. The number of rotatable bonds is 3. The maximum Gasteiger partial charge on any atom is 0.335 e. The zero-order chi connectivity index (χ0) is 22.2. The van der Waals surface area contributed by atoms with E-state index >= 15 is 0 Å². The molecule has 0 aromatic heterocycles. The number of likely N-dealkylation sites (tertiary alicyclic amines) is 1. The van der Waals surface area contributed by atoms with Crippen LogP contribution >= 0.6 is 0 Å². The second kappa shape index (κ2) is 6.59. The van der Waals surface area contributed by atoms with Gasteiger partial charge in [-0.1, -0.05) is 24.3 Å². The predicted molar refractivity (Wildman–Crippen MR) is 116 cm³/mol. The van der Waals surface area contributed by atoms with Crippen LogP contribution in [0.25, 0.3) is 0 Å². The average molecular weight is 432 g/mol. The van der Waals surface area contributed by atoms with Crippen LogP contribution in [0.5, 0.6) is 11.5 Å². The minimum Gasteiger partial charge on any atom is -0.504 e. The number of nitrogens with one attached hydrogen (secondary N) is 1. The van der Waals surface area contributed by atoms with Crippen molar-refractivity contribution in [3.8, 4) is 11.5 Å². The zero-order valence-electron chi connectivity index (χ0n) is 17.6. The molecule has 1 spiro atoms. The molecule has 6 rings (SSSR count). The highest BCUT2D eigenvalue weighted by Crippen LogP contribution is 2.62. The van der Waals surface area contributed by atoms with E-state index < -0.39 is 12.0 Å². The first kappa shape index (κ1) is 19.4. The van der Waals surface area contributed by atoms with Gasteiger partial charge in [0.2, 0.25) is 0 Å². The van der Waals surface area contributed by atoms with Crippen LogP contribution in [-0.2, 0) is 11.8 Å². The average Bonchev–Trinajstić information content (AvgIpc) is 3.14. The fraction of sp³-hybridized carbons (Fsp3) is 0.360. The van der Waals surface area contributed by atoms with Gasteiger partial charge in [0.15, 0.2) is 11.5 Å². The molecule has 7 heteroatoms. The quantitative estimate of drug-likeness (QED) is 0.644. The van der Waals surface area contributed by atoms with Crippen molar-refractivity contribution in [1.29, 1.82) is 0 Å². The fourth-order valence-electron chi connectivity index (χ4n) is 6.42. The summed E-state index contributed by atoms with van der Waals surface area (Å²) in [5, 5.41) is 22.9. The zero-order valence-corrected chi connectivity index (χ0v) is 17.6. The van der Waals surface area contributed by atoms with Gasteiger partial charge in [0.05, 0.1) is 11.6 Å². The minimum absolute atomic E-state index is 0.0695. The number of carboxylic acid groups (broad SMARTS) is 1. The van der Waals surface area contributed by atoms with Crippen LogP contribution in [0, 0.1) is 5.92 Å². The molecule has 2 aliphatic heterocycles. The van der Waals surface area contributed by atoms with E-state index in [2.05, 4.69) is 23.3 Å². The molecule has 164 valence electrons. The van der Waals surface area contributed by atoms with Crippen molar-refractivity contribution in [3.63, 3.8) is 0 Å². The van der Waals surface area contributed by atoms with Gasteiger partial charge in [-0.05, 0) is 56.3 Å². The Morgan fingerprint density at radius 3 is 2.81 bits per heavy atom. The second-order valence-electron chi connectivity index (χ2n) is 9.32. The third-order valence-electron chi connectivity index (χ3n) is 7.85. The molecule has 7 nitrogen and oxygen atoms in total. The van der Waals surface area contributed by atoms with E-state index in [-0.39, 0.29) is 34.7 Å². The molecule has 32 heavy (non-hydrogen) atoms. The molecule has 2 aromatic rings. The van der Waals surface area contributed by atoms with E-state index in [1.807, 2.05) is 12.1 Å². The first-order valence-corrected chi connectivity index (χ1v) is 10.9. The Labute approximate surface area is 185 Å². The van der Waals surface area contributed by atoms with Crippen LogP contribution < -0.4 is 10.1 Å². The number of likely N-dealkylation sites (N-methyl/N-ethyl adjacent to an activating group) is 1. The SMILES string of the molecule is CN1CCC23c4c5ccc(O)c4OC2[C@H](NC(=O)c2cccc(C(=O)O)c2)C=CC3C1C5. The molecule has 2 aromatic carbocycles. The molecule has 0 radical (unpaired) electrons. The van der Waals surface area contributed by atoms with Crippen LogP contribution in [0.3, 0.4) is 0 Å². The van der Waals surface area contributed by atoms with Crippen molar-refractivity contribution in [2.24, 2.45) is 5.92 Å². The molecule has 1 amide bonds. The number of phenols is 1. The normalized spacial score (nSPS) is 31.5. The standard InChI is InChI=1S/C25H24N2O5/c1-27-10-9-25-16-6-7-17(26-23(29)14-3-2-4-15(11-14)24(30)31)22(25)32-21-19(28)8-5-13(20(21)25)12-18(16)27/h2-8,11,16-18,22,28H,9-10,12H2,1H3,(H,26,29)(H,30,31)/t16?,17-,18?,22?,25?/m1/s1. The van der Waals surface area contributed by atoms with Gasteiger partial charge in [-0.2, -0.15) is 0 Å². The first-order chi connectivity index (χ1) is 15.4. The van der Waals surface area contributed by atoms with Gasteiger partial charge in [-0.25, -0.2) is 4.79 Å². The number of aromatic carboxylic acids is 1. The molecule has 0 saturated carbocycles. The number of piperidine rings is 1. The number of carboxylic acids is 1. The summed E-state index contributed by atoms with van der Waals surface area (Å²) in [4.78, 5) is 26.8. The molecule has 2 heterocycles. The predicted octanol–water partition coefficient (Wildman–Crippen LogP) is 2.33. The number of nitrogens with zero attached hydrogens (tertiary/aromatic N) is 1. The van der Waals surface area contributed by atoms with Crippen LogP contribution in [-0.4, -0.2) is 58.8 Å². The Morgan fingerprint density at radius 1 is 1.19 bits per heavy atom. The topological polar surface area (TPSA) is 99.1 Å². The maximum atomic E-state index is 13.1. The Balaban J connectivity index is 1.40. The van der Waals surface area contributed by atoms with Gasteiger partial charge in [0.25, 0.3) is 5.91 Å². The highest BCUT2D eigenvalue weighted by Gasteiger charge is 2.64. The van der Waals surface area contributed by atoms with Crippen molar-refractivity contribution in [1.82, 2.24) is 10.2 Å². The lowest BCUT2D eigenvalue weighted by atomic mass is 9.53. The monoisotopic (exact) mass is 432 g/mol. The third kappa shape index (κ3) is 2.45. The Kier molecular flexibility index (Phi) is 3.99. The van der Waals surface area contributed by atoms with Gasteiger partial charge in [0, 0.05) is 28.5 Å². The van der Waals surface area contributed by atoms with Gasteiger partial charge in [-0.3, -0.25) is 4.79 Å². The molecule has 3 N–H and O–H groups in total. The molecule has 2 aliphatic carbocycles. The summed E-state index contributed by atoms with van der Waals surface area (Å²) in [6.45, 7) is 0.921. The molecule has 5 atom stereocenters. The van der Waals surface area contributed by atoms with Crippen LogP contribution in [0.2, 0.25) is 0 Å². The van der Waals surface area contributed by atoms with Crippen LogP contribution in [0.4, 0.5) is 0 Å². The van der Waals surface area contributed by atoms with Crippen molar-refractivity contribution in [2.75, 3.05) is 13.6 Å². The molecule has 4 unspecified atom stereocenters. The molecule has 1 fully saturated rings. The lowest BCUT2D eigenvalue weighted by Gasteiger charge is -2.57. The number of hydrogen-bond acceptors (Lipinski definition) is 5. The van der Waals surface area contributed by atoms with E-state index in [4.69, 9.17) is 4.74 Å². The summed E-state index contributed by atoms with van der Waals surface area (Å²) in [7, 11) is 2.16. The highest BCUT2D eigenvalue weighted by molar-refractivity contribution is 5.97. The van der Waals surface area contributed by atoms with E-state index in [0.717, 1.165) is 24.9 Å². The summed E-state index contributed by atoms with van der Waals surface area (Å²) < 4.78 is 6.43. The summed E-state index contributed by atoms with van der Waals surface area (Å²) in [5.74, 6) is -0.484. The number of carbonyl (C=O) groups excluding carboxylic acids is 1. The second-order valence-corrected chi connectivity index (χ2v) is 9.32. The number of amides is 1. The van der Waals surface area contributed by atoms with Crippen LogP contribution in [0.1, 0.15) is 38.3 Å².